The summed E-state index contributed by atoms with van der Waals surface area (Å²) in [6.07, 6.45) is 0.841. The van der Waals surface area contributed by atoms with E-state index in [2.05, 4.69) is 15.9 Å². The van der Waals surface area contributed by atoms with Crippen molar-refractivity contribution in [2.24, 2.45) is 0 Å². The highest BCUT2D eigenvalue weighted by atomic mass is 79.9. The molecule has 2 nitrogen and oxygen atoms in total. The third-order valence-corrected chi connectivity index (χ3v) is 3.75. The molecule has 0 aliphatic rings. The maximum Gasteiger partial charge on any atom is 0.151 e. The van der Waals surface area contributed by atoms with Gasteiger partial charge in [0.2, 0.25) is 0 Å². The van der Waals surface area contributed by atoms with Gasteiger partial charge in [0.25, 0.3) is 0 Å². The number of aromatic hydroxyl groups is 1. The Bertz CT molecular complexity index is 490. The third kappa shape index (κ3) is 1.35. The second-order valence-corrected chi connectivity index (χ2v) is 4.32. The minimum absolute atomic E-state index is 0.272. The van der Waals surface area contributed by atoms with Gasteiger partial charge in [-0.25, -0.2) is 0 Å². The summed E-state index contributed by atoms with van der Waals surface area (Å²) in [5, 5.41) is 12.9. The minimum Gasteiger partial charge on any atom is -0.508 e. The standard InChI is InChI=1S/C10H7BrO2S/c11-3-8-9(13)2-1-7-6(4-12)5-14-10(7)8/h1-2,4-5,13H,3H2. The lowest BCUT2D eigenvalue weighted by molar-refractivity contribution is 0.112. The first-order valence-electron chi connectivity index (χ1n) is 4.01. The molecule has 14 heavy (non-hydrogen) atoms. The predicted octanol–water partition coefficient (Wildman–Crippen LogP) is 3.31. The Morgan fingerprint density at radius 2 is 2.29 bits per heavy atom. The Morgan fingerprint density at radius 1 is 1.50 bits per heavy atom. The van der Waals surface area contributed by atoms with Crippen LogP contribution < -0.4 is 0 Å². The van der Waals surface area contributed by atoms with Crippen LogP contribution in [0.1, 0.15) is 15.9 Å². The molecule has 4 heteroatoms. The minimum atomic E-state index is 0.272. The lowest BCUT2D eigenvalue weighted by atomic mass is 10.1. The molecule has 0 saturated heterocycles. The Hall–Kier alpha value is -0.870. The Balaban J connectivity index is 2.83. The number of alkyl halides is 1. The summed E-state index contributed by atoms with van der Waals surface area (Å²) >= 11 is 4.80. The number of aldehydes is 1. The van der Waals surface area contributed by atoms with E-state index in [-0.39, 0.29) is 5.75 Å². The summed E-state index contributed by atoms with van der Waals surface area (Å²) in [6, 6.07) is 3.40. The van der Waals surface area contributed by atoms with E-state index in [1.54, 1.807) is 12.1 Å². The highest BCUT2D eigenvalue weighted by molar-refractivity contribution is 9.08. The van der Waals surface area contributed by atoms with Crippen molar-refractivity contribution < 1.29 is 9.90 Å². The molecule has 1 aromatic heterocycles. The van der Waals surface area contributed by atoms with E-state index >= 15 is 0 Å². The van der Waals surface area contributed by atoms with Crippen molar-refractivity contribution in [1.82, 2.24) is 0 Å². The van der Waals surface area contributed by atoms with Crippen LogP contribution in [0.4, 0.5) is 0 Å². The fourth-order valence-corrected chi connectivity index (χ4v) is 3.20. The lowest BCUT2D eigenvalue weighted by Gasteiger charge is -2.01. The van der Waals surface area contributed by atoms with Gasteiger partial charge in [-0.1, -0.05) is 15.9 Å². The van der Waals surface area contributed by atoms with Gasteiger partial charge in [-0.3, -0.25) is 4.79 Å². The van der Waals surface area contributed by atoms with Crippen molar-refractivity contribution in [3.05, 3.63) is 28.6 Å². The first-order chi connectivity index (χ1) is 6.77. The number of phenols is 1. The van der Waals surface area contributed by atoms with Crippen LogP contribution in [0.25, 0.3) is 10.1 Å². The molecule has 2 aromatic rings. The quantitative estimate of drug-likeness (QED) is 0.672. The van der Waals surface area contributed by atoms with Gasteiger partial charge in [0.05, 0.1) is 0 Å². The summed E-state index contributed by atoms with van der Waals surface area (Å²) in [6.45, 7) is 0. The number of benzene rings is 1. The molecule has 0 radical (unpaired) electrons. The zero-order chi connectivity index (χ0) is 10.1. The Morgan fingerprint density at radius 3 is 2.93 bits per heavy atom. The summed E-state index contributed by atoms with van der Waals surface area (Å²) in [5.74, 6) is 0.272. The molecule has 0 bridgehead atoms. The second-order valence-electron chi connectivity index (χ2n) is 2.88. The molecule has 1 aromatic carbocycles. The molecule has 0 aliphatic heterocycles. The van der Waals surface area contributed by atoms with Gasteiger partial charge in [0, 0.05) is 31.9 Å². The number of rotatable bonds is 2. The molecular weight excluding hydrogens is 264 g/mol. The molecule has 0 unspecified atom stereocenters. The zero-order valence-electron chi connectivity index (χ0n) is 7.16. The SMILES string of the molecule is O=Cc1csc2c(CBr)c(O)ccc12. The predicted molar refractivity (Wildman–Crippen MR) is 61.5 cm³/mol. The molecular formula is C10H7BrO2S. The highest BCUT2D eigenvalue weighted by Crippen LogP contribution is 2.34. The third-order valence-electron chi connectivity index (χ3n) is 2.11. The average molecular weight is 271 g/mol. The highest BCUT2D eigenvalue weighted by Gasteiger charge is 2.10. The summed E-state index contributed by atoms with van der Waals surface area (Å²) in [5.41, 5.74) is 1.54. The first kappa shape index (κ1) is 9.68. The number of halogens is 1. The fourth-order valence-electron chi connectivity index (χ4n) is 1.39. The Kier molecular flexibility index (Phi) is 2.56. The maximum absolute atomic E-state index is 10.7. The monoisotopic (exact) mass is 270 g/mol. The first-order valence-corrected chi connectivity index (χ1v) is 6.01. The second kappa shape index (κ2) is 3.71. The number of carbonyl (C=O) groups excluding carboxylic acids is 1. The molecule has 2 rings (SSSR count). The van der Waals surface area contributed by atoms with Crippen molar-refractivity contribution >= 4 is 43.6 Å². The van der Waals surface area contributed by atoms with Crippen molar-refractivity contribution in [3.63, 3.8) is 0 Å². The summed E-state index contributed by atoms with van der Waals surface area (Å²) < 4.78 is 0.976. The van der Waals surface area contributed by atoms with E-state index in [9.17, 15) is 9.90 Å². The number of phenolic OH excluding ortho intramolecular Hbond substituents is 1. The van der Waals surface area contributed by atoms with Gasteiger partial charge in [0.1, 0.15) is 5.75 Å². The van der Waals surface area contributed by atoms with Crippen molar-refractivity contribution in [1.29, 1.82) is 0 Å². The van der Waals surface area contributed by atoms with Crippen LogP contribution in [0.3, 0.4) is 0 Å². The van der Waals surface area contributed by atoms with Gasteiger partial charge in [-0.15, -0.1) is 11.3 Å². The number of carbonyl (C=O) groups is 1. The number of fused-ring (bicyclic) bond motifs is 1. The topological polar surface area (TPSA) is 37.3 Å². The van der Waals surface area contributed by atoms with Gasteiger partial charge in [-0.05, 0) is 12.1 Å². The van der Waals surface area contributed by atoms with Gasteiger partial charge >= 0.3 is 0 Å². The van der Waals surface area contributed by atoms with E-state index in [0.29, 0.717) is 10.9 Å². The molecule has 0 saturated carbocycles. The molecule has 0 atom stereocenters. The van der Waals surface area contributed by atoms with E-state index in [4.69, 9.17) is 0 Å². The van der Waals surface area contributed by atoms with Crippen molar-refractivity contribution in [3.8, 4) is 5.75 Å². The van der Waals surface area contributed by atoms with Crippen LogP contribution in [-0.4, -0.2) is 11.4 Å². The van der Waals surface area contributed by atoms with Crippen LogP contribution in [0, 0.1) is 0 Å². The molecule has 72 valence electrons. The Labute approximate surface area is 93.3 Å². The van der Waals surface area contributed by atoms with Crippen LogP contribution in [0.15, 0.2) is 17.5 Å². The van der Waals surface area contributed by atoms with Crippen LogP contribution in [0.2, 0.25) is 0 Å². The molecule has 0 aliphatic carbocycles. The molecule has 0 fully saturated rings. The van der Waals surface area contributed by atoms with Crippen LogP contribution in [-0.2, 0) is 5.33 Å². The lowest BCUT2D eigenvalue weighted by Crippen LogP contribution is -1.81. The van der Waals surface area contributed by atoms with E-state index in [1.807, 2.05) is 5.38 Å². The number of hydrogen-bond acceptors (Lipinski definition) is 3. The van der Waals surface area contributed by atoms with Crippen LogP contribution >= 0.6 is 27.3 Å². The van der Waals surface area contributed by atoms with Crippen molar-refractivity contribution in [2.45, 2.75) is 5.33 Å². The molecule has 0 amide bonds. The normalized spacial score (nSPS) is 10.6. The van der Waals surface area contributed by atoms with Crippen LogP contribution in [0.5, 0.6) is 5.75 Å². The smallest absolute Gasteiger partial charge is 0.151 e. The number of hydrogen-bond donors (Lipinski definition) is 1. The van der Waals surface area contributed by atoms with E-state index in [1.165, 1.54) is 11.3 Å². The maximum atomic E-state index is 10.7. The summed E-state index contributed by atoms with van der Waals surface area (Å²) in [4.78, 5) is 10.7. The number of thiophene rings is 1. The van der Waals surface area contributed by atoms with E-state index < -0.39 is 0 Å². The average Bonchev–Trinajstić information content (AvgIpc) is 2.60. The molecule has 1 N–H and O–H groups in total. The molecule has 0 spiro atoms. The zero-order valence-corrected chi connectivity index (χ0v) is 9.56. The van der Waals surface area contributed by atoms with Crippen molar-refractivity contribution in [2.75, 3.05) is 0 Å². The van der Waals surface area contributed by atoms with Gasteiger partial charge in [0.15, 0.2) is 6.29 Å². The summed E-state index contributed by atoms with van der Waals surface area (Å²) in [7, 11) is 0. The fraction of sp³-hybridized carbons (Fsp3) is 0.100. The van der Waals surface area contributed by atoms with Gasteiger partial charge < -0.3 is 5.11 Å². The van der Waals surface area contributed by atoms with Gasteiger partial charge in [-0.2, -0.15) is 0 Å². The van der Waals surface area contributed by atoms with E-state index in [0.717, 1.165) is 21.9 Å². The molecule has 1 heterocycles. The largest absolute Gasteiger partial charge is 0.508 e.